The van der Waals surface area contributed by atoms with Crippen molar-refractivity contribution in [1.29, 1.82) is 0 Å². The Morgan fingerprint density at radius 3 is 2.83 bits per heavy atom. The van der Waals surface area contributed by atoms with Crippen LogP contribution in [0.3, 0.4) is 0 Å². The van der Waals surface area contributed by atoms with Gasteiger partial charge in [0.2, 0.25) is 0 Å². The molecule has 96 valence electrons. The minimum atomic E-state index is -0.383. The number of carbonyl (C=O) groups excluding carboxylic acids is 1. The minimum Gasteiger partial charge on any atom is -0.465 e. The topological polar surface area (TPSA) is 55.8 Å². The van der Waals surface area contributed by atoms with Crippen LogP contribution in [0.1, 0.15) is 28.8 Å². The third-order valence-corrected chi connectivity index (χ3v) is 4.46. The van der Waals surface area contributed by atoms with E-state index in [-0.39, 0.29) is 23.6 Å². The zero-order valence-corrected chi connectivity index (χ0v) is 10.3. The number of rotatable bonds is 3. The summed E-state index contributed by atoms with van der Waals surface area (Å²) in [6.45, 7) is 0.738. The van der Waals surface area contributed by atoms with Gasteiger partial charge in [0.15, 0.2) is 0 Å². The lowest BCUT2D eigenvalue weighted by molar-refractivity contribution is -0.349. The number of hydrogen-bond acceptors (Lipinski definition) is 4. The van der Waals surface area contributed by atoms with Crippen molar-refractivity contribution < 1.29 is 19.4 Å². The fraction of sp³-hybridized carbons (Fsp3) is 0.500. The number of aliphatic hydroxyl groups excluding tert-OH is 1. The molecule has 1 aliphatic carbocycles. The Labute approximate surface area is 106 Å². The van der Waals surface area contributed by atoms with E-state index in [4.69, 9.17) is 9.47 Å². The zero-order chi connectivity index (χ0) is 12.8. The van der Waals surface area contributed by atoms with Crippen molar-refractivity contribution in [3.63, 3.8) is 0 Å². The molecule has 4 nitrogen and oxygen atoms in total. The highest BCUT2D eigenvalue weighted by Crippen LogP contribution is 2.65. The van der Waals surface area contributed by atoms with E-state index in [0.29, 0.717) is 12.2 Å². The zero-order valence-electron chi connectivity index (χ0n) is 10.3. The molecule has 1 saturated carbocycles. The van der Waals surface area contributed by atoms with E-state index in [1.165, 1.54) is 7.11 Å². The largest absolute Gasteiger partial charge is 0.465 e. The van der Waals surface area contributed by atoms with Crippen LogP contribution in [-0.2, 0) is 15.1 Å². The van der Waals surface area contributed by atoms with Gasteiger partial charge in [-0.15, -0.1) is 0 Å². The van der Waals surface area contributed by atoms with Crippen LogP contribution in [-0.4, -0.2) is 31.4 Å². The molecular weight excluding hydrogens is 232 g/mol. The predicted molar refractivity (Wildman–Crippen MR) is 64.2 cm³/mol. The monoisotopic (exact) mass is 248 g/mol. The van der Waals surface area contributed by atoms with Crippen LogP contribution in [0.15, 0.2) is 24.3 Å². The van der Waals surface area contributed by atoms with Crippen LogP contribution in [0.2, 0.25) is 0 Å². The molecule has 4 heteroatoms. The smallest absolute Gasteiger partial charge is 0.337 e. The van der Waals surface area contributed by atoms with Gasteiger partial charge in [0.25, 0.3) is 0 Å². The van der Waals surface area contributed by atoms with Crippen LogP contribution in [0.25, 0.3) is 0 Å². The van der Waals surface area contributed by atoms with Crippen molar-refractivity contribution in [2.75, 3.05) is 20.3 Å². The molecule has 1 aliphatic heterocycles. The van der Waals surface area contributed by atoms with E-state index in [1.807, 2.05) is 18.2 Å². The summed E-state index contributed by atoms with van der Waals surface area (Å²) >= 11 is 0. The Hall–Kier alpha value is -1.39. The molecule has 0 aromatic heterocycles. The van der Waals surface area contributed by atoms with Crippen molar-refractivity contribution in [1.82, 2.24) is 0 Å². The molecule has 0 spiro atoms. The molecule has 2 atom stereocenters. The number of benzene rings is 1. The quantitative estimate of drug-likeness (QED) is 0.823. The molecule has 18 heavy (non-hydrogen) atoms. The van der Waals surface area contributed by atoms with E-state index in [2.05, 4.69) is 0 Å². The molecule has 0 radical (unpaired) electrons. The lowest BCUT2D eigenvalue weighted by Gasteiger charge is -2.66. The van der Waals surface area contributed by atoms with Crippen LogP contribution >= 0.6 is 0 Å². The highest BCUT2D eigenvalue weighted by molar-refractivity contribution is 5.89. The van der Waals surface area contributed by atoms with E-state index in [1.54, 1.807) is 6.07 Å². The van der Waals surface area contributed by atoms with Gasteiger partial charge in [-0.3, -0.25) is 0 Å². The summed E-state index contributed by atoms with van der Waals surface area (Å²) in [5.41, 5.74) is 0.976. The summed E-state index contributed by atoms with van der Waals surface area (Å²) in [5.74, 6) is -0.346. The lowest BCUT2D eigenvalue weighted by Crippen LogP contribution is -2.69. The van der Waals surface area contributed by atoms with Crippen LogP contribution in [0, 0.1) is 5.41 Å². The van der Waals surface area contributed by atoms with Gasteiger partial charge in [0, 0.05) is 0 Å². The number of ether oxygens (including phenoxy) is 2. The first-order valence-electron chi connectivity index (χ1n) is 6.11. The maximum atomic E-state index is 11.5. The third-order valence-electron chi connectivity index (χ3n) is 4.46. The molecule has 0 bridgehead atoms. The fourth-order valence-electron chi connectivity index (χ4n) is 3.10. The molecule has 1 heterocycles. The second-order valence-corrected chi connectivity index (χ2v) is 5.13. The van der Waals surface area contributed by atoms with Gasteiger partial charge in [-0.2, -0.15) is 0 Å². The first-order valence-corrected chi connectivity index (χ1v) is 6.11. The Bertz CT molecular complexity index is 481. The summed E-state index contributed by atoms with van der Waals surface area (Å²) in [6.07, 6.45) is 1.88. The second-order valence-electron chi connectivity index (χ2n) is 5.13. The predicted octanol–water partition coefficient (Wildman–Crippen LogP) is 1.47. The molecule has 2 unspecified atom stereocenters. The number of fused-ring (bicyclic) bond motifs is 1. The summed E-state index contributed by atoms with van der Waals surface area (Å²) < 4.78 is 10.5. The van der Waals surface area contributed by atoms with Gasteiger partial charge < -0.3 is 14.6 Å². The van der Waals surface area contributed by atoms with Gasteiger partial charge in [-0.25, -0.2) is 4.79 Å². The summed E-state index contributed by atoms with van der Waals surface area (Å²) in [5, 5.41) is 9.55. The van der Waals surface area contributed by atoms with Gasteiger partial charge in [0.1, 0.15) is 5.60 Å². The Balaban J connectivity index is 1.96. The standard InChI is InChI=1S/C14H16O4/c1-17-12(16)10-3-2-4-11(7-10)14-6-5-13(14,8-15)9-18-14/h2-4,7,15H,5-6,8-9H2,1H3. The summed E-state index contributed by atoms with van der Waals surface area (Å²) in [4.78, 5) is 11.5. The number of methoxy groups -OCH3 is 1. The molecule has 1 saturated heterocycles. The molecule has 2 aliphatic rings. The van der Waals surface area contributed by atoms with E-state index in [9.17, 15) is 9.90 Å². The van der Waals surface area contributed by atoms with Crippen molar-refractivity contribution >= 4 is 5.97 Å². The summed E-state index contributed by atoms with van der Waals surface area (Å²) in [7, 11) is 1.37. The Morgan fingerprint density at radius 2 is 2.33 bits per heavy atom. The van der Waals surface area contributed by atoms with Crippen molar-refractivity contribution in [2.45, 2.75) is 18.4 Å². The number of hydrogen-bond donors (Lipinski definition) is 1. The summed E-state index contributed by atoms with van der Waals surface area (Å²) in [6, 6.07) is 7.33. The molecule has 1 N–H and O–H groups in total. The Kier molecular flexibility index (Phi) is 2.47. The van der Waals surface area contributed by atoms with Crippen LogP contribution < -0.4 is 0 Å². The Morgan fingerprint density at radius 1 is 1.50 bits per heavy atom. The average Bonchev–Trinajstić information content (AvgIpc) is 2.42. The van der Waals surface area contributed by atoms with Crippen molar-refractivity contribution in [3.8, 4) is 0 Å². The average molecular weight is 248 g/mol. The fourth-order valence-corrected chi connectivity index (χ4v) is 3.10. The molecule has 3 rings (SSSR count). The maximum absolute atomic E-state index is 11.5. The van der Waals surface area contributed by atoms with Crippen molar-refractivity contribution in [2.24, 2.45) is 5.41 Å². The normalized spacial score (nSPS) is 33.0. The second kappa shape index (κ2) is 3.80. The van der Waals surface area contributed by atoms with Crippen LogP contribution in [0.4, 0.5) is 0 Å². The lowest BCUT2D eigenvalue weighted by atomic mass is 9.51. The first kappa shape index (κ1) is 11.7. The molecular formula is C14H16O4. The number of carbonyl (C=O) groups is 1. The first-order chi connectivity index (χ1) is 8.67. The molecule has 2 fully saturated rings. The van der Waals surface area contributed by atoms with E-state index >= 15 is 0 Å². The van der Waals surface area contributed by atoms with Crippen LogP contribution in [0.5, 0.6) is 0 Å². The number of esters is 1. The number of aliphatic hydroxyl groups is 1. The van der Waals surface area contributed by atoms with E-state index < -0.39 is 0 Å². The highest BCUT2D eigenvalue weighted by atomic mass is 16.5. The highest BCUT2D eigenvalue weighted by Gasteiger charge is 2.68. The van der Waals surface area contributed by atoms with Crippen molar-refractivity contribution in [3.05, 3.63) is 35.4 Å². The maximum Gasteiger partial charge on any atom is 0.337 e. The molecule has 0 amide bonds. The minimum absolute atomic E-state index is 0.134. The van der Waals surface area contributed by atoms with Gasteiger partial charge in [0.05, 0.1) is 31.3 Å². The van der Waals surface area contributed by atoms with E-state index in [0.717, 1.165) is 18.4 Å². The SMILES string of the molecule is COC(=O)c1cccc(C23CCC2(CO)CO3)c1. The third kappa shape index (κ3) is 1.25. The van der Waals surface area contributed by atoms with Gasteiger partial charge in [-0.1, -0.05) is 12.1 Å². The molecule has 1 aromatic carbocycles. The molecule has 1 aromatic rings. The van der Waals surface area contributed by atoms with Gasteiger partial charge >= 0.3 is 5.97 Å². The van der Waals surface area contributed by atoms with Gasteiger partial charge in [-0.05, 0) is 30.5 Å².